The summed E-state index contributed by atoms with van der Waals surface area (Å²) < 4.78 is 17.4. The zero-order chi connectivity index (χ0) is 25.7. The maximum atomic E-state index is 12.7. The van der Waals surface area contributed by atoms with Crippen LogP contribution < -0.4 is 9.47 Å². The zero-order valence-electron chi connectivity index (χ0n) is 19.1. The van der Waals surface area contributed by atoms with E-state index in [1.165, 1.54) is 0 Å². The first-order valence-electron chi connectivity index (χ1n) is 10.6. The summed E-state index contributed by atoms with van der Waals surface area (Å²) >= 11 is 16.3. The van der Waals surface area contributed by atoms with Crippen molar-refractivity contribution < 1.29 is 28.6 Å². The van der Waals surface area contributed by atoms with E-state index < -0.39 is 23.7 Å². The van der Waals surface area contributed by atoms with Crippen molar-refractivity contribution in [2.45, 2.75) is 33.5 Å². The summed E-state index contributed by atoms with van der Waals surface area (Å²) in [5.41, 5.74) is 1.43. The van der Waals surface area contributed by atoms with E-state index in [0.29, 0.717) is 38.2 Å². The number of hydrogen-bond donors (Lipinski definition) is 0. The van der Waals surface area contributed by atoms with Crippen molar-refractivity contribution in [3.8, 4) is 11.5 Å². The van der Waals surface area contributed by atoms with Crippen LogP contribution in [-0.2, 0) is 20.9 Å². The summed E-state index contributed by atoms with van der Waals surface area (Å²) in [7, 11) is 0. The fraction of sp³-hybridized carbons (Fsp3) is 0.292. The fourth-order valence-corrected chi connectivity index (χ4v) is 4.81. The number of carbonyl (C=O) groups excluding carboxylic acids is 3. The number of halogens is 3. The maximum absolute atomic E-state index is 12.7. The predicted octanol–water partition coefficient (Wildman–Crippen LogP) is 6.72. The normalized spacial score (nSPS) is 14.7. The lowest BCUT2D eigenvalue weighted by Crippen LogP contribution is -2.35. The van der Waals surface area contributed by atoms with Crippen LogP contribution in [0.3, 0.4) is 0 Å². The molecule has 186 valence electrons. The van der Waals surface area contributed by atoms with Crippen molar-refractivity contribution in [1.29, 1.82) is 0 Å². The van der Waals surface area contributed by atoms with Gasteiger partial charge in [-0.3, -0.25) is 19.3 Å². The highest BCUT2D eigenvalue weighted by molar-refractivity contribution is 9.10. The highest BCUT2D eigenvalue weighted by atomic mass is 79.9. The number of rotatable bonds is 9. The van der Waals surface area contributed by atoms with Crippen molar-refractivity contribution in [3.63, 3.8) is 0 Å². The summed E-state index contributed by atoms with van der Waals surface area (Å²) in [6.07, 6.45) is 1.22. The molecule has 0 aliphatic carbocycles. The highest BCUT2D eigenvalue weighted by Crippen LogP contribution is 2.40. The molecule has 0 spiro atoms. The Morgan fingerprint density at radius 2 is 1.89 bits per heavy atom. The van der Waals surface area contributed by atoms with Crippen LogP contribution in [0.15, 0.2) is 39.7 Å². The lowest BCUT2D eigenvalue weighted by atomic mass is 10.1. The number of benzene rings is 2. The van der Waals surface area contributed by atoms with Crippen LogP contribution in [0.1, 0.15) is 31.9 Å². The molecule has 3 rings (SSSR count). The molecule has 11 heteroatoms. The number of imide groups is 1. The summed E-state index contributed by atoms with van der Waals surface area (Å²) in [6.45, 7) is 5.39. The van der Waals surface area contributed by atoms with Gasteiger partial charge in [0.2, 0.25) is 0 Å². The van der Waals surface area contributed by atoms with Gasteiger partial charge in [0.15, 0.2) is 11.5 Å². The number of thioether (sulfide) groups is 1. The van der Waals surface area contributed by atoms with E-state index in [-0.39, 0.29) is 17.6 Å². The number of esters is 1. The molecule has 1 heterocycles. The SMILES string of the molecule is CCOc1cc(/C=C2/SC(=O)N(CC(=O)OC(C)C)C2=O)cc(Br)c1OCc1ccc(Cl)c(Cl)c1. The molecule has 0 saturated carbocycles. The molecule has 0 aromatic heterocycles. The molecule has 0 bridgehead atoms. The number of carbonyl (C=O) groups is 3. The third-order valence-corrected chi connectivity index (χ3v) is 6.76. The molecule has 2 aromatic rings. The van der Waals surface area contributed by atoms with Gasteiger partial charge in [-0.25, -0.2) is 0 Å². The summed E-state index contributed by atoms with van der Waals surface area (Å²) in [4.78, 5) is 38.0. The van der Waals surface area contributed by atoms with Crippen molar-refractivity contribution in [1.82, 2.24) is 4.90 Å². The van der Waals surface area contributed by atoms with Gasteiger partial charge in [0.05, 0.1) is 32.1 Å². The van der Waals surface area contributed by atoms with Crippen LogP contribution in [0.2, 0.25) is 10.0 Å². The van der Waals surface area contributed by atoms with Gasteiger partial charge in [-0.2, -0.15) is 0 Å². The van der Waals surface area contributed by atoms with E-state index >= 15 is 0 Å². The average molecular weight is 603 g/mol. The standard InChI is InChI=1S/C24H22BrCl2NO6S/c1-4-32-19-9-15(7-16(25)22(19)33-12-14-5-6-17(26)18(27)8-14)10-20-23(30)28(24(31)35-20)11-21(29)34-13(2)3/h5-10,13H,4,11-12H2,1-3H3/b20-10+. The lowest BCUT2D eigenvalue weighted by molar-refractivity contribution is -0.149. The van der Waals surface area contributed by atoms with Crippen LogP contribution in [-0.4, -0.2) is 41.3 Å². The molecular weight excluding hydrogens is 581 g/mol. The number of ether oxygens (including phenoxy) is 3. The first-order chi connectivity index (χ1) is 16.6. The number of nitrogens with zero attached hydrogens (tertiary/aromatic N) is 1. The average Bonchev–Trinajstić information content (AvgIpc) is 3.02. The van der Waals surface area contributed by atoms with Crippen molar-refractivity contribution in [2.75, 3.05) is 13.2 Å². The Morgan fingerprint density at radius 3 is 2.54 bits per heavy atom. The molecule has 2 aromatic carbocycles. The van der Waals surface area contributed by atoms with E-state index in [4.69, 9.17) is 37.4 Å². The first-order valence-corrected chi connectivity index (χ1v) is 12.9. The molecule has 0 N–H and O–H groups in total. The van der Waals surface area contributed by atoms with E-state index in [1.54, 1.807) is 44.2 Å². The Morgan fingerprint density at radius 1 is 1.14 bits per heavy atom. The second-order valence-electron chi connectivity index (χ2n) is 7.61. The highest BCUT2D eigenvalue weighted by Gasteiger charge is 2.37. The van der Waals surface area contributed by atoms with Crippen molar-refractivity contribution in [3.05, 3.63) is 60.9 Å². The van der Waals surface area contributed by atoms with Crippen LogP contribution in [0, 0.1) is 0 Å². The molecule has 35 heavy (non-hydrogen) atoms. The Bertz CT molecular complexity index is 1190. The fourth-order valence-electron chi connectivity index (χ4n) is 3.08. The third kappa shape index (κ3) is 7.16. The Kier molecular flexibility index (Phi) is 9.52. The molecule has 1 fully saturated rings. The monoisotopic (exact) mass is 601 g/mol. The van der Waals surface area contributed by atoms with Gasteiger partial charge < -0.3 is 14.2 Å². The van der Waals surface area contributed by atoms with Crippen molar-refractivity contribution in [2.24, 2.45) is 0 Å². The molecule has 0 radical (unpaired) electrons. The minimum absolute atomic E-state index is 0.186. The second-order valence-corrected chi connectivity index (χ2v) is 10.3. The van der Waals surface area contributed by atoms with Crippen LogP contribution >= 0.6 is 50.9 Å². The Balaban J connectivity index is 1.81. The minimum Gasteiger partial charge on any atom is -0.490 e. The largest absolute Gasteiger partial charge is 0.490 e. The topological polar surface area (TPSA) is 82.1 Å². The molecule has 0 atom stereocenters. The third-order valence-electron chi connectivity index (χ3n) is 4.52. The van der Waals surface area contributed by atoms with E-state index in [2.05, 4.69) is 15.9 Å². The zero-order valence-corrected chi connectivity index (χ0v) is 23.0. The summed E-state index contributed by atoms with van der Waals surface area (Å²) in [5.74, 6) is -0.282. The van der Waals surface area contributed by atoms with Gasteiger partial charge in [-0.05, 0) is 89.9 Å². The Labute approximate surface area is 225 Å². The predicted molar refractivity (Wildman–Crippen MR) is 140 cm³/mol. The summed E-state index contributed by atoms with van der Waals surface area (Å²) in [6, 6.07) is 8.68. The molecule has 1 aliphatic rings. The van der Waals surface area contributed by atoms with Crippen molar-refractivity contribution >= 4 is 74.1 Å². The van der Waals surface area contributed by atoms with Gasteiger partial charge in [-0.1, -0.05) is 29.3 Å². The van der Waals surface area contributed by atoms with Gasteiger partial charge in [0.1, 0.15) is 13.2 Å². The quantitative estimate of drug-likeness (QED) is 0.233. The lowest BCUT2D eigenvalue weighted by Gasteiger charge is -2.15. The second kappa shape index (κ2) is 12.2. The first kappa shape index (κ1) is 27.4. The molecule has 2 amide bonds. The maximum Gasteiger partial charge on any atom is 0.326 e. The van der Waals surface area contributed by atoms with E-state index in [0.717, 1.165) is 22.2 Å². The number of hydrogen-bond acceptors (Lipinski definition) is 7. The van der Waals surface area contributed by atoms with Gasteiger partial charge >= 0.3 is 5.97 Å². The van der Waals surface area contributed by atoms with Crippen LogP contribution in [0.4, 0.5) is 4.79 Å². The van der Waals surface area contributed by atoms with E-state index in [9.17, 15) is 14.4 Å². The molecule has 7 nitrogen and oxygen atoms in total. The molecule has 1 saturated heterocycles. The van der Waals surface area contributed by atoms with E-state index in [1.807, 2.05) is 13.0 Å². The smallest absolute Gasteiger partial charge is 0.326 e. The molecule has 0 unspecified atom stereocenters. The number of amides is 2. The molecule has 1 aliphatic heterocycles. The van der Waals surface area contributed by atoms with Crippen LogP contribution in [0.25, 0.3) is 6.08 Å². The van der Waals surface area contributed by atoms with Gasteiger partial charge in [-0.15, -0.1) is 0 Å². The van der Waals surface area contributed by atoms with Crippen LogP contribution in [0.5, 0.6) is 11.5 Å². The van der Waals surface area contributed by atoms with Gasteiger partial charge in [0, 0.05) is 0 Å². The minimum atomic E-state index is -0.645. The molecular formula is C24H22BrCl2NO6S. The Hall–Kier alpha value is -2.20. The van der Waals surface area contributed by atoms with Gasteiger partial charge in [0.25, 0.3) is 11.1 Å². The summed E-state index contributed by atoms with van der Waals surface area (Å²) in [5, 5.41) is 0.350.